The normalized spacial score (nSPS) is 12.8. The molecule has 1 unspecified atom stereocenters. The number of alkyl halides is 1. The molecule has 12 heavy (non-hydrogen) atoms. The molecule has 0 nitrogen and oxygen atoms in total. The van der Waals surface area contributed by atoms with Gasteiger partial charge in [-0.3, -0.25) is 0 Å². The first kappa shape index (κ1) is 11.7. The molecule has 0 aliphatic carbocycles. The van der Waals surface area contributed by atoms with Crippen LogP contribution in [-0.2, 0) is 0 Å². The third-order valence-corrected chi connectivity index (χ3v) is 2.01. The van der Waals surface area contributed by atoms with Crippen molar-refractivity contribution >= 4 is 0 Å². The standard InChI is InChI=1S/C11H21F/c1-3-4-5-6-7-8-9-10-11(2)12/h3,11H,1,4-10H2,2H3. The Bertz CT molecular complexity index is 97.2. The van der Waals surface area contributed by atoms with Crippen LogP contribution in [0.4, 0.5) is 4.39 Å². The summed E-state index contributed by atoms with van der Waals surface area (Å²) in [4.78, 5) is 0. The molecule has 0 aliphatic heterocycles. The zero-order valence-corrected chi connectivity index (χ0v) is 8.19. The van der Waals surface area contributed by atoms with Gasteiger partial charge >= 0.3 is 0 Å². The summed E-state index contributed by atoms with van der Waals surface area (Å²) in [5, 5.41) is 0. The van der Waals surface area contributed by atoms with Crippen LogP contribution in [0.25, 0.3) is 0 Å². The monoisotopic (exact) mass is 172 g/mol. The second-order valence-corrected chi connectivity index (χ2v) is 3.41. The lowest BCUT2D eigenvalue weighted by Gasteiger charge is -2.01. The van der Waals surface area contributed by atoms with Gasteiger partial charge in [-0.15, -0.1) is 6.58 Å². The predicted octanol–water partition coefficient (Wildman–Crippen LogP) is 4.26. The summed E-state index contributed by atoms with van der Waals surface area (Å²) < 4.78 is 12.3. The Labute approximate surface area is 75.9 Å². The molecule has 0 bridgehead atoms. The number of halogens is 1. The first-order chi connectivity index (χ1) is 5.77. The van der Waals surface area contributed by atoms with E-state index in [-0.39, 0.29) is 0 Å². The molecule has 0 fully saturated rings. The fourth-order valence-corrected chi connectivity index (χ4v) is 1.24. The SMILES string of the molecule is C=CCCCCCCCC(C)F. The molecule has 0 aliphatic rings. The largest absolute Gasteiger partial charge is 0.248 e. The van der Waals surface area contributed by atoms with Gasteiger partial charge in [-0.2, -0.15) is 0 Å². The van der Waals surface area contributed by atoms with Gasteiger partial charge in [-0.05, 0) is 26.2 Å². The van der Waals surface area contributed by atoms with Crippen molar-refractivity contribution in [1.82, 2.24) is 0 Å². The summed E-state index contributed by atoms with van der Waals surface area (Å²) >= 11 is 0. The lowest BCUT2D eigenvalue weighted by Crippen LogP contribution is -1.91. The Hall–Kier alpha value is -0.330. The van der Waals surface area contributed by atoms with Gasteiger partial charge in [0.1, 0.15) is 0 Å². The van der Waals surface area contributed by atoms with Crippen LogP contribution in [0.1, 0.15) is 51.9 Å². The number of rotatable bonds is 8. The lowest BCUT2D eigenvalue weighted by molar-refractivity contribution is 0.329. The van der Waals surface area contributed by atoms with E-state index in [4.69, 9.17) is 0 Å². The van der Waals surface area contributed by atoms with Crippen molar-refractivity contribution in [1.29, 1.82) is 0 Å². The van der Waals surface area contributed by atoms with Gasteiger partial charge in [-0.1, -0.05) is 31.8 Å². The van der Waals surface area contributed by atoms with E-state index in [2.05, 4.69) is 6.58 Å². The molecular formula is C11H21F. The highest BCUT2D eigenvalue weighted by atomic mass is 19.1. The van der Waals surface area contributed by atoms with Crippen LogP contribution in [0.5, 0.6) is 0 Å². The topological polar surface area (TPSA) is 0 Å². The summed E-state index contributed by atoms with van der Waals surface area (Å²) in [6.07, 6.45) is 9.21. The van der Waals surface area contributed by atoms with Gasteiger partial charge in [0.2, 0.25) is 0 Å². The molecule has 0 rings (SSSR count). The van der Waals surface area contributed by atoms with Crippen LogP contribution < -0.4 is 0 Å². The molecule has 0 saturated heterocycles. The van der Waals surface area contributed by atoms with Crippen LogP contribution in [0, 0.1) is 0 Å². The number of unbranched alkanes of at least 4 members (excludes halogenated alkanes) is 5. The van der Waals surface area contributed by atoms with E-state index in [1.165, 1.54) is 25.7 Å². The molecule has 0 amide bonds. The molecule has 72 valence electrons. The van der Waals surface area contributed by atoms with Crippen LogP contribution in [0.15, 0.2) is 12.7 Å². The molecule has 0 aromatic carbocycles. The van der Waals surface area contributed by atoms with Gasteiger partial charge in [0, 0.05) is 0 Å². The van der Waals surface area contributed by atoms with E-state index in [9.17, 15) is 4.39 Å². The average Bonchev–Trinajstić information content (AvgIpc) is 2.02. The molecule has 0 N–H and O–H groups in total. The Morgan fingerprint density at radius 3 is 2.33 bits per heavy atom. The van der Waals surface area contributed by atoms with Crippen LogP contribution >= 0.6 is 0 Å². The molecule has 1 atom stereocenters. The number of hydrogen-bond donors (Lipinski definition) is 0. The van der Waals surface area contributed by atoms with Gasteiger partial charge < -0.3 is 0 Å². The molecule has 0 heterocycles. The predicted molar refractivity (Wildman–Crippen MR) is 53.1 cm³/mol. The highest BCUT2D eigenvalue weighted by Crippen LogP contribution is 2.09. The molecule has 0 spiro atoms. The minimum absolute atomic E-state index is 0.613. The minimum Gasteiger partial charge on any atom is -0.248 e. The van der Waals surface area contributed by atoms with Crippen molar-refractivity contribution < 1.29 is 4.39 Å². The van der Waals surface area contributed by atoms with Crippen molar-refractivity contribution in [3.8, 4) is 0 Å². The van der Waals surface area contributed by atoms with Crippen LogP contribution in [0.3, 0.4) is 0 Å². The van der Waals surface area contributed by atoms with E-state index in [1.807, 2.05) is 6.08 Å². The first-order valence-electron chi connectivity index (χ1n) is 5.02. The van der Waals surface area contributed by atoms with Gasteiger partial charge in [0.05, 0.1) is 6.17 Å². The number of hydrogen-bond acceptors (Lipinski definition) is 0. The van der Waals surface area contributed by atoms with E-state index in [0.29, 0.717) is 0 Å². The second-order valence-electron chi connectivity index (χ2n) is 3.41. The van der Waals surface area contributed by atoms with Crippen molar-refractivity contribution in [2.45, 2.75) is 58.0 Å². The van der Waals surface area contributed by atoms with Gasteiger partial charge in [0.15, 0.2) is 0 Å². The Morgan fingerprint density at radius 2 is 1.75 bits per heavy atom. The maximum atomic E-state index is 12.3. The fraction of sp³-hybridized carbons (Fsp3) is 0.818. The summed E-state index contributed by atoms with van der Waals surface area (Å²) in [7, 11) is 0. The molecule has 0 radical (unpaired) electrons. The zero-order valence-electron chi connectivity index (χ0n) is 8.19. The second kappa shape index (κ2) is 8.76. The van der Waals surface area contributed by atoms with E-state index in [1.54, 1.807) is 6.92 Å². The van der Waals surface area contributed by atoms with Gasteiger partial charge in [0.25, 0.3) is 0 Å². The summed E-state index contributed by atoms with van der Waals surface area (Å²) in [6.45, 7) is 5.30. The first-order valence-corrected chi connectivity index (χ1v) is 5.02. The fourth-order valence-electron chi connectivity index (χ4n) is 1.24. The van der Waals surface area contributed by atoms with Crippen LogP contribution in [0.2, 0.25) is 0 Å². The lowest BCUT2D eigenvalue weighted by atomic mass is 10.1. The molecule has 0 aromatic rings. The van der Waals surface area contributed by atoms with Crippen LogP contribution in [-0.4, -0.2) is 6.17 Å². The third-order valence-electron chi connectivity index (χ3n) is 2.01. The Balaban J connectivity index is 2.86. The van der Waals surface area contributed by atoms with Crippen molar-refractivity contribution in [2.24, 2.45) is 0 Å². The van der Waals surface area contributed by atoms with E-state index < -0.39 is 6.17 Å². The smallest absolute Gasteiger partial charge is 0.0973 e. The van der Waals surface area contributed by atoms with Crippen molar-refractivity contribution in [2.75, 3.05) is 0 Å². The quantitative estimate of drug-likeness (QED) is 0.379. The molecular weight excluding hydrogens is 151 g/mol. The Morgan fingerprint density at radius 1 is 1.17 bits per heavy atom. The highest BCUT2D eigenvalue weighted by Gasteiger charge is 1.96. The van der Waals surface area contributed by atoms with E-state index in [0.717, 1.165) is 19.3 Å². The highest BCUT2D eigenvalue weighted by molar-refractivity contribution is 4.65. The van der Waals surface area contributed by atoms with Gasteiger partial charge in [-0.25, -0.2) is 4.39 Å². The summed E-state index contributed by atoms with van der Waals surface area (Å²) in [5.74, 6) is 0. The summed E-state index contributed by atoms with van der Waals surface area (Å²) in [5.41, 5.74) is 0. The minimum atomic E-state index is -0.613. The Kier molecular flexibility index (Phi) is 8.52. The van der Waals surface area contributed by atoms with Crippen molar-refractivity contribution in [3.05, 3.63) is 12.7 Å². The molecule has 1 heteroatoms. The maximum Gasteiger partial charge on any atom is 0.0973 e. The third kappa shape index (κ3) is 9.67. The molecule has 0 saturated carbocycles. The van der Waals surface area contributed by atoms with E-state index >= 15 is 0 Å². The zero-order chi connectivity index (χ0) is 9.23. The molecule has 0 aromatic heterocycles. The summed E-state index contributed by atoms with van der Waals surface area (Å²) in [6, 6.07) is 0. The number of allylic oxidation sites excluding steroid dienone is 1. The maximum absolute atomic E-state index is 12.3. The van der Waals surface area contributed by atoms with Crippen molar-refractivity contribution in [3.63, 3.8) is 0 Å². The average molecular weight is 172 g/mol.